The van der Waals surface area contributed by atoms with Crippen LogP contribution in [0.5, 0.6) is 5.75 Å². The fourth-order valence-corrected chi connectivity index (χ4v) is 3.61. The van der Waals surface area contributed by atoms with E-state index in [2.05, 4.69) is 35.0 Å². The molecule has 17 heavy (non-hydrogen) atoms. The second-order valence-corrected chi connectivity index (χ2v) is 6.45. The Balaban J connectivity index is 2.09. The summed E-state index contributed by atoms with van der Waals surface area (Å²) in [6.45, 7) is 2.41. The molecular weight excluding hydrogens is 276 g/mol. The molecule has 1 aliphatic carbocycles. The fourth-order valence-electron chi connectivity index (χ4n) is 2.81. The number of hydrogen-bond donors (Lipinski definition) is 0. The van der Waals surface area contributed by atoms with Gasteiger partial charge in [-0.1, -0.05) is 53.9 Å². The van der Waals surface area contributed by atoms with E-state index in [9.17, 15) is 0 Å². The van der Waals surface area contributed by atoms with Gasteiger partial charge in [-0.25, -0.2) is 0 Å². The van der Waals surface area contributed by atoms with Crippen LogP contribution in [0, 0.1) is 5.41 Å². The first-order valence-electron chi connectivity index (χ1n) is 6.42. The van der Waals surface area contributed by atoms with Gasteiger partial charge in [-0.15, -0.1) is 0 Å². The molecule has 2 rings (SSSR count). The summed E-state index contributed by atoms with van der Waals surface area (Å²) in [4.78, 5) is 0.550. The summed E-state index contributed by atoms with van der Waals surface area (Å²) in [6, 6.07) is 8.34. The first-order valence-corrected chi connectivity index (χ1v) is 7.33. The maximum absolute atomic E-state index is 5.42. The molecule has 0 aliphatic heterocycles. The van der Waals surface area contributed by atoms with E-state index in [1.165, 1.54) is 31.2 Å². The van der Waals surface area contributed by atoms with E-state index in [-0.39, 0.29) is 0 Å². The average Bonchev–Trinajstić information content (AvgIpc) is 2.78. The molecule has 1 saturated carbocycles. The van der Waals surface area contributed by atoms with Crippen LogP contribution in [0.1, 0.15) is 38.2 Å². The molecule has 0 aromatic heterocycles. The van der Waals surface area contributed by atoms with Crippen molar-refractivity contribution in [1.29, 1.82) is 0 Å². The summed E-state index contributed by atoms with van der Waals surface area (Å²) in [5.74, 6) is 1.01. The van der Waals surface area contributed by atoms with Crippen molar-refractivity contribution in [2.45, 2.75) is 43.9 Å². The summed E-state index contributed by atoms with van der Waals surface area (Å²) < 4.78 is 5.42. The van der Waals surface area contributed by atoms with Crippen molar-refractivity contribution < 1.29 is 4.74 Å². The molecular formula is C15H21BrO. The van der Waals surface area contributed by atoms with E-state index < -0.39 is 0 Å². The van der Waals surface area contributed by atoms with Crippen LogP contribution < -0.4 is 4.74 Å². The van der Waals surface area contributed by atoms with E-state index >= 15 is 0 Å². The molecule has 0 spiro atoms. The average molecular weight is 297 g/mol. The van der Waals surface area contributed by atoms with Gasteiger partial charge in [-0.05, 0) is 36.3 Å². The Morgan fingerprint density at radius 3 is 2.59 bits per heavy atom. The van der Waals surface area contributed by atoms with Gasteiger partial charge in [0.1, 0.15) is 5.75 Å². The third-order valence-corrected chi connectivity index (χ3v) is 5.52. The van der Waals surface area contributed by atoms with Crippen LogP contribution in [0.2, 0.25) is 0 Å². The first kappa shape index (κ1) is 12.9. The largest absolute Gasteiger partial charge is 0.496 e. The molecule has 1 unspecified atom stereocenters. The van der Waals surface area contributed by atoms with E-state index in [1.807, 2.05) is 12.1 Å². The van der Waals surface area contributed by atoms with Gasteiger partial charge >= 0.3 is 0 Å². The van der Waals surface area contributed by atoms with Crippen LogP contribution in [-0.4, -0.2) is 11.9 Å². The van der Waals surface area contributed by atoms with Gasteiger partial charge in [0, 0.05) is 4.83 Å². The highest BCUT2D eigenvalue weighted by Gasteiger charge is 2.35. The van der Waals surface area contributed by atoms with Crippen LogP contribution in [0.3, 0.4) is 0 Å². The van der Waals surface area contributed by atoms with Crippen LogP contribution in [0.15, 0.2) is 24.3 Å². The van der Waals surface area contributed by atoms with Gasteiger partial charge in [0.15, 0.2) is 0 Å². The summed E-state index contributed by atoms with van der Waals surface area (Å²) >= 11 is 3.91. The number of para-hydroxylation sites is 1. The molecule has 1 fully saturated rings. The third-order valence-electron chi connectivity index (χ3n) is 4.09. The third kappa shape index (κ3) is 2.85. The Kier molecular flexibility index (Phi) is 4.13. The van der Waals surface area contributed by atoms with E-state index in [4.69, 9.17) is 4.74 Å². The van der Waals surface area contributed by atoms with Crippen molar-refractivity contribution in [3.05, 3.63) is 29.8 Å². The monoisotopic (exact) mass is 296 g/mol. The van der Waals surface area contributed by atoms with Crippen molar-refractivity contribution in [2.24, 2.45) is 5.41 Å². The minimum absolute atomic E-state index is 0.459. The first-order chi connectivity index (χ1) is 8.15. The molecule has 0 bridgehead atoms. The lowest BCUT2D eigenvalue weighted by Gasteiger charge is -2.30. The van der Waals surface area contributed by atoms with Gasteiger partial charge in [0.2, 0.25) is 0 Å². The van der Waals surface area contributed by atoms with Crippen molar-refractivity contribution in [1.82, 2.24) is 0 Å². The number of rotatable bonds is 4. The summed E-state index contributed by atoms with van der Waals surface area (Å²) in [5, 5.41) is 0. The zero-order chi connectivity index (χ0) is 12.3. The number of halogens is 1. The van der Waals surface area contributed by atoms with Crippen molar-refractivity contribution in [2.75, 3.05) is 7.11 Å². The quantitative estimate of drug-likeness (QED) is 0.739. The normalized spacial score (nSPS) is 20.2. The lowest BCUT2D eigenvalue weighted by molar-refractivity contribution is 0.323. The zero-order valence-corrected chi connectivity index (χ0v) is 12.3. The Hall–Kier alpha value is -0.500. The summed E-state index contributed by atoms with van der Waals surface area (Å²) in [7, 11) is 1.75. The number of ether oxygens (including phenoxy) is 1. The maximum Gasteiger partial charge on any atom is 0.122 e. The molecule has 0 amide bonds. The molecule has 0 saturated heterocycles. The smallest absolute Gasteiger partial charge is 0.122 e. The molecule has 0 heterocycles. The summed E-state index contributed by atoms with van der Waals surface area (Å²) in [6.07, 6.45) is 6.51. The maximum atomic E-state index is 5.42. The second kappa shape index (κ2) is 5.43. The minimum atomic E-state index is 0.459. The lowest BCUT2D eigenvalue weighted by atomic mass is 9.82. The van der Waals surface area contributed by atoms with Gasteiger partial charge in [-0.2, -0.15) is 0 Å². The van der Waals surface area contributed by atoms with Crippen molar-refractivity contribution >= 4 is 15.9 Å². The van der Waals surface area contributed by atoms with Crippen LogP contribution in [-0.2, 0) is 6.42 Å². The minimum Gasteiger partial charge on any atom is -0.496 e. The Morgan fingerprint density at radius 1 is 1.29 bits per heavy atom. The van der Waals surface area contributed by atoms with Crippen LogP contribution in [0.4, 0.5) is 0 Å². The van der Waals surface area contributed by atoms with Crippen molar-refractivity contribution in [3.63, 3.8) is 0 Å². The van der Waals surface area contributed by atoms with E-state index in [0.717, 1.165) is 12.2 Å². The molecule has 1 aromatic rings. The van der Waals surface area contributed by atoms with E-state index in [1.54, 1.807) is 7.11 Å². The Labute approximate surface area is 113 Å². The zero-order valence-electron chi connectivity index (χ0n) is 10.7. The molecule has 94 valence electrons. The predicted octanol–water partition coefficient (Wildman–Crippen LogP) is 4.58. The number of alkyl halides is 1. The van der Waals surface area contributed by atoms with Gasteiger partial charge in [0.05, 0.1) is 7.11 Å². The fraction of sp³-hybridized carbons (Fsp3) is 0.600. The molecule has 0 N–H and O–H groups in total. The SMILES string of the molecule is COc1ccccc1CC(Br)C1(C)CCCC1. The topological polar surface area (TPSA) is 9.23 Å². The number of benzene rings is 1. The second-order valence-electron chi connectivity index (χ2n) is 5.34. The summed E-state index contributed by atoms with van der Waals surface area (Å²) in [5.41, 5.74) is 1.77. The van der Waals surface area contributed by atoms with Crippen LogP contribution in [0.25, 0.3) is 0 Å². The lowest BCUT2D eigenvalue weighted by Crippen LogP contribution is -2.26. The van der Waals surface area contributed by atoms with Crippen molar-refractivity contribution in [3.8, 4) is 5.75 Å². The highest BCUT2D eigenvalue weighted by molar-refractivity contribution is 9.09. The highest BCUT2D eigenvalue weighted by atomic mass is 79.9. The number of methoxy groups -OCH3 is 1. The molecule has 1 aliphatic rings. The molecule has 0 radical (unpaired) electrons. The van der Waals surface area contributed by atoms with Gasteiger partial charge in [-0.3, -0.25) is 0 Å². The highest BCUT2D eigenvalue weighted by Crippen LogP contribution is 2.45. The molecule has 1 atom stereocenters. The molecule has 1 aromatic carbocycles. The Bertz CT molecular complexity index is 369. The van der Waals surface area contributed by atoms with Gasteiger partial charge in [0.25, 0.3) is 0 Å². The number of hydrogen-bond acceptors (Lipinski definition) is 1. The standard InChI is InChI=1S/C15H21BrO/c1-15(9-5-6-10-15)14(16)11-12-7-3-4-8-13(12)17-2/h3-4,7-8,14H,5-6,9-11H2,1-2H3. The predicted molar refractivity (Wildman–Crippen MR) is 76.0 cm³/mol. The Morgan fingerprint density at radius 2 is 1.94 bits per heavy atom. The van der Waals surface area contributed by atoms with Gasteiger partial charge < -0.3 is 4.74 Å². The molecule has 2 heteroatoms. The molecule has 1 nitrogen and oxygen atoms in total. The van der Waals surface area contributed by atoms with Crippen LogP contribution >= 0.6 is 15.9 Å². The van der Waals surface area contributed by atoms with E-state index in [0.29, 0.717) is 10.2 Å².